The highest BCUT2D eigenvalue weighted by Gasteiger charge is 2.08. The lowest BCUT2D eigenvalue weighted by Crippen LogP contribution is -2.24. The maximum atomic E-state index is 5.82. The number of hydrogen-bond donors (Lipinski definition) is 1. The molecule has 3 heteroatoms. The van der Waals surface area contributed by atoms with Crippen LogP contribution < -0.4 is 5.32 Å². The molecule has 3 nitrogen and oxygen atoms in total. The Hall–Kier alpha value is -1.61. The molecule has 2 rings (SSSR count). The molecule has 0 saturated heterocycles. The molecule has 0 aliphatic carbocycles. The van der Waals surface area contributed by atoms with E-state index in [0.29, 0.717) is 6.04 Å². The van der Waals surface area contributed by atoms with Gasteiger partial charge in [0.25, 0.3) is 0 Å². The third kappa shape index (κ3) is 3.67. The van der Waals surface area contributed by atoms with Gasteiger partial charge in [-0.15, -0.1) is 0 Å². The van der Waals surface area contributed by atoms with Gasteiger partial charge in [-0.3, -0.25) is 0 Å². The predicted octanol–water partition coefficient (Wildman–Crippen LogP) is 3.50. The smallest absolute Gasteiger partial charge is 0.196 e. The summed E-state index contributed by atoms with van der Waals surface area (Å²) in [6.45, 7) is 9.36. The van der Waals surface area contributed by atoms with E-state index in [4.69, 9.17) is 4.42 Å². The largest absolute Gasteiger partial charge is 0.441 e. The molecule has 19 heavy (non-hydrogen) atoms. The number of nitrogens with one attached hydrogen (secondary N) is 1. The first kappa shape index (κ1) is 13.8. The van der Waals surface area contributed by atoms with E-state index < -0.39 is 0 Å². The minimum atomic E-state index is 0.494. The monoisotopic (exact) mass is 258 g/mol. The van der Waals surface area contributed by atoms with Gasteiger partial charge < -0.3 is 9.73 Å². The van der Waals surface area contributed by atoms with Gasteiger partial charge in [-0.2, -0.15) is 0 Å². The van der Waals surface area contributed by atoms with Gasteiger partial charge in [0.15, 0.2) is 11.7 Å². The standard InChI is InChI=1S/C16H22N2O/c1-11(2)17-8-7-16-18-10-15(19-16)14-6-5-12(3)9-13(14)4/h5-6,9-11,17H,7-8H2,1-4H3. The molecule has 0 amide bonds. The van der Waals surface area contributed by atoms with Crippen LogP contribution in [0.3, 0.4) is 0 Å². The first-order valence-electron chi connectivity index (χ1n) is 6.82. The van der Waals surface area contributed by atoms with Crippen LogP contribution in [-0.4, -0.2) is 17.6 Å². The maximum Gasteiger partial charge on any atom is 0.196 e. The lowest BCUT2D eigenvalue weighted by molar-refractivity contribution is 0.484. The SMILES string of the molecule is Cc1ccc(-c2cnc(CCNC(C)C)o2)c(C)c1. The van der Waals surface area contributed by atoms with Gasteiger partial charge in [-0.25, -0.2) is 4.98 Å². The molecule has 0 unspecified atom stereocenters. The van der Waals surface area contributed by atoms with E-state index >= 15 is 0 Å². The number of oxazole rings is 1. The van der Waals surface area contributed by atoms with Gasteiger partial charge in [0.05, 0.1) is 6.20 Å². The van der Waals surface area contributed by atoms with Crippen molar-refractivity contribution in [3.05, 3.63) is 41.4 Å². The Kier molecular flexibility index (Phi) is 4.38. The Labute approximate surface area is 115 Å². The number of aryl methyl sites for hydroxylation is 2. The number of hydrogen-bond acceptors (Lipinski definition) is 3. The van der Waals surface area contributed by atoms with Gasteiger partial charge in [-0.05, 0) is 19.4 Å². The van der Waals surface area contributed by atoms with Crippen LogP contribution in [0.4, 0.5) is 0 Å². The fourth-order valence-corrected chi connectivity index (χ4v) is 2.11. The number of benzene rings is 1. The summed E-state index contributed by atoms with van der Waals surface area (Å²) in [5.74, 6) is 1.65. The van der Waals surface area contributed by atoms with Gasteiger partial charge in [0, 0.05) is 24.6 Å². The molecule has 0 spiro atoms. The predicted molar refractivity (Wildman–Crippen MR) is 78.3 cm³/mol. The minimum absolute atomic E-state index is 0.494. The summed E-state index contributed by atoms with van der Waals surface area (Å²) in [5.41, 5.74) is 3.62. The van der Waals surface area contributed by atoms with E-state index in [2.05, 4.69) is 56.2 Å². The second-order valence-corrected chi connectivity index (χ2v) is 5.30. The molecule has 1 aromatic heterocycles. The number of nitrogens with zero attached hydrogens (tertiary/aromatic N) is 1. The normalized spacial score (nSPS) is 11.2. The van der Waals surface area contributed by atoms with Crippen molar-refractivity contribution in [3.8, 4) is 11.3 Å². The summed E-state index contributed by atoms with van der Waals surface area (Å²) in [4.78, 5) is 4.35. The summed E-state index contributed by atoms with van der Waals surface area (Å²) in [6, 6.07) is 6.86. The summed E-state index contributed by atoms with van der Waals surface area (Å²) >= 11 is 0. The Morgan fingerprint density at radius 2 is 2.05 bits per heavy atom. The van der Waals surface area contributed by atoms with Crippen molar-refractivity contribution < 1.29 is 4.42 Å². The molecular weight excluding hydrogens is 236 g/mol. The molecule has 0 fully saturated rings. The average Bonchev–Trinajstić information content (AvgIpc) is 2.77. The van der Waals surface area contributed by atoms with Crippen molar-refractivity contribution in [2.24, 2.45) is 0 Å². The van der Waals surface area contributed by atoms with Crippen molar-refractivity contribution in [3.63, 3.8) is 0 Å². The van der Waals surface area contributed by atoms with Crippen molar-refractivity contribution in [2.45, 2.75) is 40.2 Å². The van der Waals surface area contributed by atoms with E-state index in [9.17, 15) is 0 Å². The maximum absolute atomic E-state index is 5.82. The Morgan fingerprint density at radius 3 is 2.74 bits per heavy atom. The van der Waals surface area contributed by atoms with E-state index in [1.54, 1.807) is 0 Å². The third-order valence-electron chi connectivity index (χ3n) is 3.09. The summed E-state index contributed by atoms with van der Waals surface area (Å²) < 4.78 is 5.82. The molecule has 2 aromatic rings. The molecule has 0 radical (unpaired) electrons. The van der Waals surface area contributed by atoms with E-state index in [1.165, 1.54) is 11.1 Å². The number of aromatic nitrogens is 1. The molecule has 1 heterocycles. The van der Waals surface area contributed by atoms with Crippen LogP contribution in [0.1, 0.15) is 30.9 Å². The van der Waals surface area contributed by atoms with Gasteiger partial charge in [0.1, 0.15) is 0 Å². The molecule has 0 aliphatic heterocycles. The molecule has 0 saturated carbocycles. The zero-order chi connectivity index (χ0) is 13.8. The lowest BCUT2D eigenvalue weighted by atomic mass is 10.0. The topological polar surface area (TPSA) is 38.1 Å². The van der Waals surface area contributed by atoms with Crippen molar-refractivity contribution in [1.29, 1.82) is 0 Å². The minimum Gasteiger partial charge on any atom is -0.441 e. The highest BCUT2D eigenvalue weighted by atomic mass is 16.4. The highest BCUT2D eigenvalue weighted by Crippen LogP contribution is 2.24. The Morgan fingerprint density at radius 1 is 1.26 bits per heavy atom. The summed E-state index contributed by atoms with van der Waals surface area (Å²) in [5, 5.41) is 3.36. The average molecular weight is 258 g/mol. The second kappa shape index (κ2) is 6.02. The van der Waals surface area contributed by atoms with E-state index in [1.807, 2.05) is 6.20 Å². The van der Waals surface area contributed by atoms with Crippen LogP contribution >= 0.6 is 0 Å². The van der Waals surface area contributed by atoms with Crippen LogP contribution in [-0.2, 0) is 6.42 Å². The Balaban J connectivity index is 2.08. The molecule has 0 atom stereocenters. The van der Waals surface area contributed by atoms with Crippen LogP contribution in [0.2, 0.25) is 0 Å². The molecular formula is C16H22N2O. The van der Waals surface area contributed by atoms with Crippen molar-refractivity contribution in [2.75, 3.05) is 6.54 Å². The van der Waals surface area contributed by atoms with Gasteiger partial charge >= 0.3 is 0 Å². The van der Waals surface area contributed by atoms with Crippen LogP contribution in [0.15, 0.2) is 28.8 Å². The summed E-state index contributed by atoms with van der Waals surface area (Å²) in [6.07, 6.45) is 2.64. The molecule has 1 N–H and O–H groups in total. The van der Waals surface area contributed by atoms with Crippen LogP contribution in [0.5, 0.6) is 0 Å². The summed E-state index contributed by atoms with van der Waals surface area (Å²) in [7, 11) is 0. The Bertz CT molecular complexity index is 543. The zero-order valence-electron chi connectivity index (χ0n) is 12.2. The van der Waals surface area contributed by atoms with Crippen LogP contribution in [0.25, 0.3) is 11.3 Å². The zero-order valence-corrected chi connectivity index (χ0v) is 12.2. The molecule has 0 aliphatic rings. The lowest BCUT2D eigenvalue weighted by Gasteiger charge is -2.05. The highest BCUT2D eigenvalue weighted by molar-refractivity contribution is 5.61. The van der Waals surface area contributed by atoms with Crippen molar-refractivity contribution >= 4 is 0 Å². The van der Waals surface area contributed by atoms with Crippen LogP contribution in [0, 0.1) is 13.8 Å². The first-order valence-corrected chi connectivity index (χ1v) is 6.82. The molecule has 0 bridgehead atoms. The second-order valence-electron chi connectivity index (χ2n) is 5.30. The molecule has 1 aromatic carbocycles. The van der Waals surface area contributed by atoms with E-state index in [0.717, 1.165) is 30.2 Å². The fourth-order valence-electron chi connectivity index (χ4n) is 2.11. The van der Waals surface area contributed by atoms with Gasteiger partial charge in [0.2, 0.25) is 0 Å². The molecule has 102 valence electrons. The van der Waals surface area contributed by atoms with Gasteiger partial charge in [-0.1, -0.05) is 37.6 Å². The fraction of sp³-hybridized carbons (Fsp3) is 0.438. The number of rotatable bonds is 5. The van der Waals surface area contributed by atoms with Crippen molar-refractivity contribution in [1.82, 2.24) is 10.3 Å². The third-order valence-corrected chi connectivity index (χ3v) is 3.09. The quantitative estimate of drug-likeness (QED) is 0.892. The first-order chi connectivity index (χ1) is 9.06. The van der Waals surface area contributed by atoms with E-state index in [-0.39, 0.29) is 0 Å².